The van der Waals surface area contributed by atoms with Gasteiger partial charge in [-0.2, -0.15) is 5.10 Å². The lowest BCUT2D eigenvalue weighted by atomic mass is 9.98. The van der Waals surface area contributed by atoms with Gasteiger partial charge in [-0.3, -0.25) is 25.1 Å². The van der Waals surface area contributed by atoms with E-state index < -0.39 is 11.8 Å². The molecule has 0 saturated carbocycles. The zero-order valence-electron chi connectivity index (χ0n) is 17.3. The minimum Gasteiger partial charge on any atom is -0.466 e. The number of amides is 2. The molecule has 0 unspecified atom stereocenters. The zero-order valence-corrected chi connectivity index (χ0v) is 17.3. The monoisotopic (exact) mass is 414 g/mol. The Morgan fingerprint density at radius 2 is 1.65 bits per heavy atom. The van der Waals surface area contributed by atoms with Gasteiger partial charge in [0.15, 0.2) is 0 Å². The summed E-state index contributed by atoms with van der Waals surface area (Å²) in [5.41, 5.74) is 8.58. The zero-order chi connectivity index (χ0) is 21.8. The van der Waals surface area contributed by atoms with Crippen LogP contribution in [0.25, 0.3) is 11.1 Å². The maximum absolute atomic E-state index is 12.8. The fraction of sp³-hybridized carbons (Fsp3) is 0.125. The number of nitrogens with zero attached hydrogens (tertiary/aromatic N) is 2. The lowest BCUT2D eigenvalue weighted by molar-refractivity contribution is 0.0846. The molecule has 0 saturated heterocycles. The van der Waals surface area contributed by atoms with Crippen LogP contribution in [0.4, 0.5) is 0 Å². The number of hydrogen-bond acceptors (Lipinski definition) is 4. The van der Waals surface area contributed by atoms with Gasteiger partial charge in [0, 0.05) is 18.0 Å². The Morgan fingerprint density at radius 1 is 0.935 bits per heavy atom. The number of rotatable bonds is 5. The highest BCUT2D eigenvalue weighted by molar-refractivity contribution is 6.03. The Kier molecular flexibility index (Phi) is 5.66. The molecule has 156 valence electrons. The van der Waals surface area contributed by atoms with Gasteiger partial charge in [0.1, 0.15) is 11.5 Å². The standard InChI is InChI=1S/C24H22N4O3/c1-16-14-22(17(2)31-16)24(30)27-26-23(29)21-7-4-3-6-20(21)19-10-8-18(9-11-19)15-28-13-5-12-25-28/h3-14H,15H2,1-2H3,(H,26,29)(H,27,30). The molecule has 7 heteroatoms. The first kappa shape index (κ1) is 20.2. The number of carbonyl (C=O) groups is 2. The van der Waals surface area contributed by atoms with Gasteiger partial charge in [0.2, 0.25) is 0 Å². The summed E-state index contributed by atoms with van der Waals surface area (Å²) in [7, 11) is 0. The van der Waals surface area contributed by atoms with E-state index in [0.717, 1.165) is 16.7 Å². The van der Waals surface area contributed by atoms with E-state index in [1.54, 1.807) is 38.2 Å². The molecule has 0 fully saturated rings. The molecule has 0 bridgehead atoms. The molecule has 0 aliphatic carbocycles. The van der Waals surface area contributed by atoms with E-state index in [2.05, 4.69) is 16.0 Å². The first-order chi connectivity index (χ1) is 15.0. The molecule has 2 heterocycles. The van der Waals surface area contributed by atoms with E-state index in [9.17, 15) is 9.59 Å². The number of carbonyl (C=O) groups excluding carboxylic acids is 2. The van der Waals surface area contributed by atoms with Gasteiger partial charge < -0.3 is 4.42 Å². The second-order valence-corrected chi connectivity index (χ2v) is 7.18. The summed E-state index contributed by atoms with van der Waals surface area (Å²) in [5.74, 6) is 0.306. The smallest absolute Gasteiger partial charge is 0.273 e. The van der Waals surface area contributed by atoms with Gasteiger partial charge in [-0.15, -0.1) is 0 Å². The summed E-state index contributed by atoms with van der Waals surface area (Å²) in [6.07, 6.45) is 3.66. The van der Waals surface area contributed by atoms with Crippen molar-refractivity contribution < 1.29 is 14.0 Å². The van der Waals surface area contributed by atoms with E-state index in [0.29, 0.717) is 29.2 Å². The molecule has 31 heavy (non-hydrogen) atoms. The molecule has 0 aliphatic rings. The molecular weight excluding hydrogens is 392 g/mol. The first-order valence-corrected chi connectivity index (χ1v) is 9.85. The molecule has 0 atom stereocenters. The van der Waals surface area contributed by atoms with Gasteiger partial charge in [-0.1, -0.05) is 42.5 Å². The van der Waals surface area contributed by atoms with E-state index in [1.807, 2.05) is 53.3 Å². The number of aromatic nitrogens is 2. The lowest BCUT2D eigenvalue weighted by Crippen LogP contribution is -2.41. The average Bonchev–Trinajstić information content (AvgIpc) is 3.41. The van der Waals surface area contributed by atoms with E-state index in [4.69, 9.17) is 4.42 Å². The van der Waals surface area contributed by atoms with Crippen molar-refractivity contribution in [1.29, 1.82) is 0 Å². The summed E-state index contributed by atoms with van der Waals surface area (Å²) in [5, 5.41) is 4.22. The summed E-state index contributed by atoms with van der Waals surface area (Å²) >= 11 is 0. The van der Waals surface area contributed by atoms with Crippen molar-refractivity contribution in [3.05, 3.63) is 101 Å². The largest absolute Gasteiger partial charge is 0.466 e. The van der Waals surface area contributed by atoms with E-state index in [1.165, 1.54) is 0 Å². The van der Waals surface area contributed by atoms with Crippen LogP contribution in [0.1, 0.15) is 37.8 Å². The Labute approximate surface area is 179 Å². The topological polar surface area (TPSA) is 89.2 Å². The predicted molar refractivity (Wildman–Crippen MR) is 116 cm³/mol. The van der Waals surface area contributed by atoms with Gasteiger partial charge in [-0.25, -0.2) is 0 Å². The predicted octanol–water partition coefficient (Wildman–Crippen LogP) is 3.88. The number of aryl methyl sites for hydroxylation is 2. The highest BCUT2D eigenvalue weighted by Crippen LogP contribution is 2.24. The Morgan fingerprint density at radius 3 is 2.29 bits per heavy atom. The van der Waals surface area contributed by atoms with Crippen LogP contribution in [0, 0.1) is 13.8 Å². The minimum absolute atomic E-state index is 0.388. The normalized spacial score (nSPS) is 10.6. The van der Waals surface area contributed by atoms with Gasteiger partial charge in [0.05, 0.1) is 12.1 Å². The summed E-state index contributed by atoms with van der Waals surface area (Å²) in [4.78, 5) is 25.1. The van der Waals surface area contributed by atoms with Crippen molar-refractivity contribution in [3.8, 4) is 11.1 Å². The van der Waals surface area contributed by atoms with Crippen molar-refractivity contribution in [1.82, 2.24) is 20.6 Å². The number of furan rings is 1. The lowest BCUT2D eigenvalue weighted by Gasteiger charge is -2.12. The van der Waals surface area contributed by atoms with Crippen LogP contribution in [-0.2, 0) is 6.54 Å². The second kappa shape index (κ2) is 8.71. The quantitative estimate of drug-likeness (QED) is 0.485. The van der Waals surface area contributed by atoms with Crippen LogP contribution in [0.15, 0.2) is 77.5 Å². The van der Waals surface area contributed by atoms with Crippen LogP contribution < -0.4 is 10.9 Å². The van der Waals surface area contributed by atoms with Crippen molar-refractivity contribution in [2.45, 2.75) is 20.4 Å². The maximum Gasteiger partial charge on any atom is 0.273 e. The van der Waals surface area contributed by atoms with Gasteiger partial charge in [-0.05, 0) is 48.7 Å². The average molecular weight is 414 g/mol. The van der Waals surface area contributed by atoms with Crippen LogP contribution in [0.3, 0.4) is 0 Å². The van der Waals surface area contributed by atoms with E-state index in [-0.39, 0.29) is 0 Å². The van der Waals surface area contributed by atoms with Crippen LogP contribution in [0.2, 0.25) is 0 Å². The van der Waals surface area contributed by atoms with Gasteiger partial charge >= 0.3 is 0 Å². The Hall–Kier alpha value is -4.13. The van der Waals surface area contributed by atoms with Crippen molar-refractivity contribution in [2.75, 3.05) is 0 Å². The van der Waals surface area contributed by atoms with Crippen LogP contribution in [-0.4, -0.2) is 21.6 Å². The number of benzene rings is 2. The van der Waals surface area contributed by atoms with Gasteiger partial charge in [0.25, 0.3) is 11.8 Å². The summed E-state index contributed by atoms with van der Waals surface area (Å²) in [6.45, 7) is 4.14. The maximum atomic E-state index is 12.8. The molecule has 2 N–H and O–H groups in total. The Bertz CT molecular complexity index is 1210. The number of nitrogens with one attached hydrogen (secondary N) is 2. The third kappa shape index (κ3) is 4.56. The fourth-order valence-electron chi connectivity index (χ4n) is 3.41. The molecule has 2 amide bonds. The first-order valence-electron chi connectivity index (χ1n) is 9.85. The van der Waals surface area contributed by atoms with Crippen molar-refractivity contribution in [2.24, 2.45) is 0 Å². The fourth-order valence-corrected chi connectivity index (χ4v) is 3.41. The molecule has 4 aromatic rings. The van der Waals surface area contributed by atoms with Crippen molar-refractivity contribution in [3.63, 3.8) is 0 Å². The molecule has 7 nitrogen and oxygen atoms in total. The Balaban J connectivity index is 1.48. The van der Waals surface area contributed by atoms with Crippen LogP contribution >= 0.6 is 0 Å². The third-order valence-electron chi connectivity index (χ3n) is 4.92. The number of hydrazine groups is 1. The van der Waals surface area contributed by atoms with E-state index >= 15 is 0 Å². The molecule has 2 aromatic heterocycles. The molecule has 2 aromatic carbocycles. The summed E-state index contributed by atoms with van der Waals surface area (Å²) < 4.78 is 7.22. The second-order valence-electron chi connectivity index (χ2n) is 7.18. The molecule has 4 rings (SSSR count). The number of hydrogen-bond donors (Lipinski definition) is 2. The molecule has 0 aliphatic heterocycles. The third-order valence-corrected chi connectivity index (χ3v) is 4.92. The SMILES string of the molecule is Cc1cc(C(=O)NNC(=O)c2ccccc2-c2ccc(Cn3cccn3)cc2)c(C)o1. The molecular formula is C24H22N4O3. The minimum atomic E-state index is -0.428. The summed E-state index contributed by atoms with van der Waals surface area (Å²) in [6, 6.07) is 18.8. The van der Waals surface area contributed by atoms with Crippen molar-refractivity contribution >= 4 is 11.8 Å². The highest BCUT2D eigenvalue weighted by atomic mass is 16.3. The molecule has 0 radical (unpaired) electrons. The van der Waals surface area contributed by atoms with Crippen LogP contribution in [0.5, 0.6) is 0 Å². The highest BCUT2D eigenvalue weighted by Gasteiger charge is 2.16. The molecule has 0 spiro atoms.